The molecule has 2 aromatic rings. The monoisotopic (exact) mass is 495 g/mol. The highest BCUT2D eigenvalue weighted by molar-refractivity contribution is 7.92. The highest BCUT2D eigenvalue weighted by Gasteiger charge is 2.30. The van der Waals surface area contributed by atoms with E-state index < -0.39 is 40.2 Å². The van der Waals surface area contributed by atoms with Crippen LogP contribution in [0, 0.1) is 11.6 Å². The fraction of sp³-hybridized carbons (Fsp3) is 0.417. The molecule has 0 saturated carbocycles. The Morgan fingerprint density at radius 1 is 1.06 bits per heavy atom. The van der Waals surface area contributed by atoms with Gasteiger partial charge in [-0.05, 0) is 37.5 Å². The Kier molecular flexibility index (Phi) is 9.97. The van der Waals surface area contributed by atoms with Crippen molar-refractivity contribution >= 4 is 27.5 Å². The molecule has 2 aromatic carbocycles. The molecular weight excluding hydrogens is 464 g/mol. The lowest BCUT2D eigenvalue weighted by molar-refractivity contribution is -0.138. The number of sulfonamides is 1. The second-order valence-corrected chi connectivity index (χ2v) is 9.92. The van der Waals surface area contributed by atoms with Crippen LogP contribution in [0.4, 0.5) is 14.5 Å². The number of nitrogens with one attached hydrogen (secondary N) is 1. The Morgan fingerprint density at radius 3 is 2.32 bits per heavy atom. The molecule has 0 spiro atoms. The Labute approximate surface area is 199 Å². The van der Waals surface area contributed by atoms with E-state index in [0.29, 0.717) is 17.3 Å². The second-order valence-electron chi connectivity index (χ2n) is 8.01. The molecule has 1 unspecified atom stereocenters. The molecule has 0 aliphatic heterocycles. The van der Waals surface area contributed by atoms with Crippen molar-refractivity contribution in [3.63, 3.8) is 0 Å². The van der Waals surface area contributed by atoms with Crippen molar-refractivity contribution in [2.45, 2.75) is 39.2 Å². The van der Waals surface area contributed by atoms with Crippen LogP contribution >= 0.6 is 0 Å². The number of carbonyl (C=O) groups excluding carboxylic acids is 2. The van der Waals surface area contributed by atoms with E-state index in [1.807, 2.05) is 37.3 Å². The van der Waals surface area contributed by atoms with E-state index in [4.69, 9.17) is 0 Å². The number of nitrogens with zero attached hydrogens (tertiary/aromatic N) is 2. The normalized spacial score (nSPS) is 12.1. The molecule has 0 aliphatic rings. The lowest BCUT2D eigenvalue weighted by Crippen LogP contribution is -2.52. The third kappa shape index (κ3) is 7.79. The minimum Gasteiger partial charge on any atom is -0.354 e. The molecule has 0 fully saturated rings. The van der Waals surface area contributed by atoms with Crippen molar-refractivity contribution < 1.29 is 26.8 Å². The van der Waals surface area contributed by atoms with Crippen molar-refractivity contribution in [2.24, 2.45) is 0 Å². The summed E-state index contributed by atoms with van der Waals surface area (Å²) in [5.41, 5.74) is 0.761. The molecule has 0 radical (unpaired) electrons. The summed E-state index contributed by atoms with van der Waals surface area (Å²) >= 11 is 0. The summed E-state index contributed by atoms with van der Waals surface area (Å²) in [6.45, 7) is 3.53. The van der Waals surface area contributed by atoms with E-state index in [-0.39, 0.29) is 18.1 Å². The summed E-state index contributed by atoms with van der Waals surface area (Å²) in [6.07, 6.45) is 3.00. The highest BCUT2D eigenvalue weighted by atomic mass is 32.2. The molecule has 10 heteroatoms. The number of unbranched alkanes of at least 4 members (excludes halogenated alkanes) is 1. The average Bonchev–Trinajstić information content (AvgIpc) is 2.79. The summed E-state index contributed by atoms with van der Waals surface area (Å²) in [5, 5.41) is 2.79. The van der Waals surface area contributed by atoms with Gasteiger partial charge < -0.3 is 10.2 Å². The van der Waals surface area contributed by atoms with Gasteiger partial charge in [-0.3, -0.25) is 13.9 Å². The summed E-state index contributed by atoms with van der Waals surface area (Å²) in [6, 6.07) is 11.1. The van der Waals surface area contributed by atoms with Gasteiger partial charge in [-0.15, -0.1) is 0 Å². The van der Waals surface area contributed by atoms with Crippen molar-refractivity contribution in [3.8, 4) is 0 Å². The number of anilines is 1. The molecule has 0 bridgehead atoms. The molecule has 186 valence electrons. The van der Waals surface area contributed by atoms with Gasteiger partial charge in [0.25, 0.3) is 0 Å². The molecule has 2 rings (SSSR count). The number of hydrogen-bond acceptors (Lipinski definition) is 4. The average molecular weight is 496 g/mol. The first-order chi connectivity index (χ1) is 16.0. The third-order valence-electron chi connectivity index (χ3n) is 5.35. The summed E-state index contributed by atoms with van der Waals surface area (Å²) < 4.78 is 52.6. The summed E-state index contributed by atoms with van der Waals surface area (Å²) in [4.78, 5) is 27.3. The predicted octanol–water partition coefficient (Wildman–Crippen LogP) is 3.11. The first-order valence-corrected chi connectivity index (χ1v) is 12.9. The third-order valence-corrected chi connectivity index (χ3v) is 6.49. The van der Waals surface area contributed by atoms with Gasteiger partial charge in [0.15, 0.2) is 11.6 Å². The topological polar surface area (TPSA) is 86.8 Å². The van der Waals surface area contributed by atoms with Crippen LogP contribution in [0.15, 0.2) is 48.5 Å². The largest absolute Gasteiger partial charge is 0.354 e. The molecular formula is C24H31F2N3O4S. The lowest BCUT2D eigenvalue weighted by atomic mass is 10.1. The zero-order valence-corrected chi connectivity index (χ0v) is 20.4. The molecule has 0 heterocycles. The maximum atomic E-state index is 13.8. The molecule has 1 N–H and O–H groups in total. The van der Waals surface area contributed by atoms with E-state index in [2.05, 4.69) is 5.32 Å². The van der Waals surface area contributed by atoms with Crippen LogP contribution < -0.4 is 9.62 Å². The van der Waals surface area contributed by atoms with E-state index in [9.17, 15) is 26.8 Å². The highest BCUT2D eigenvalue weighted by Crippen LogP contribution is 2.21. The Morgan fingerprint density at radius 2 is 1.74 bits per heavy atom. The van der Waals surface area contributed by atoms with Crippen molar-refractivity contribution in [2.75, 3.05) is 30.2 Å². The SMILES string of the molecule is CCCCNC(=O)C(C)N(CCc1ccccc1)C(=O)CN(c1ccc(F)c(F)c1)S(C)(=O)=O. The number of hydrogen-bond donors (Lipinski definition) is 1. The van der Waals surface area contributed by atoms with Crippen LogP contribution in [0.5, 0.6) is 0 Å². The minimum absolute atomic E-state index is 0.167. The molecule has 0 aromatic heterocycles. The van der Waals surface area contributed by atoms with Crippen LogP contribution in [0.3, 0.4) is 0 Å². The molecule has 2 amide bonds. The minimum atomic E-state index is -4.01. The molecule has 0 aliphatic carbocycles. The van der Waals surface area contributed by atoms with Crippen LogP contribution in [-0.4, -0.2) is 57.1 Å². The molecule has 1 atom stereocenters. The van der Waals surface area contributed by atoms with Gasteiger partial charge in [-0.1, -0.05) is 43.7 Å². The number of benzene rings is 2. The van der Waals surface area contributed by atoms with E-state index in [0.717, 1.165) is 42.9 Å². The Hall–Kier alpha value is -3.01. The Balaban J connectivity index is 2.29. The first kappa shape index (κ1) is 27.2. The van der Waals surface area contributed by atoms with Gasteiger partial charge in [-0.2, -0.15) is 0 Å². The van der Waals surface area contributed by atoms with Crippen molar-refractivity contribution in [1.29, 1.82) is 0 Å². The van der Waals surface area contributed by atoms with Gasteiger partial charge in [-0.25, -0.2) is 17.2 Å². The lowest BCUT2D eigenvalue weighted by Gasteiger charge is -2.31. The zero-order chi connectivity index (χ0) is 25.3. The van der Waals surface area contributed by atoms with Crippen molar-refractivity contribution in [3.05, 3.63) is 65.7 Å². The fourth-order valence-corrected chi connectivity index (χ4v) is 4.20. The maximum Gasteiger partial charge on any atom is 0.244 e. The standard InChI is InChI=1S/C24H31F2N3O4S/c1-4-5-14-27-24(31)18(2)28(15-13-19-9-7-6-8-10-19)23(30)17-29(34(3,32)33)20-11-12-21(25)22(26)16-20/h6-12,16,18H,4-5,13-15,17H2,1-3H3,(H,27,31). The van der Waals surface area contributed by atoms with E-state index >= 15 is 0 Å². The van der Waals surface area contributed by atoms with Crippen LogP contribution in [0.2, 0.25) is 0 Å². The van der Waals surface area contributed by atoms with Gasteiger partial charge in [0, 0.05) is 19.2 Å². The predicted molar refractivity (Wildman–Crippen MR) is 128 cm³/mol. The number of carbonyl (C=O) groups is 2. The molecule has 0 saturated heterocycles. The van der Waals surface area contributed by atoms with Gasteiger partial charge >= 0.3 is 0 Å². The van der Waals surface area contributed by atoms with Crippen molar-refractivity contribution in [1.82, 2.24) is 10.2 Å². The molecule has 34 heavy (non-hydrogen) atoms. The van der Waals surface area contributed by atoms with Crippen LogP contribution in [0.1, 0.15) is 32.3 Å². The van der Waals surface area contributed by atoms with Gasteiger partial charge in [0.2, 0.25) is 21.8 Å². The Bertz CT molecular complexity index is 1080. The molecule has 7 nitrogen and oxygen atoms in total. The summed E-state index contributed by atoms with van der Waals surface area (Å²) in [5.74, 6) is -3.36. The maximum absolute atomic E-state index is 13.8. The van der Waals surface area contributed by atoms with E-state index in [1.54, 1.807) is 6.92 Å². The van der Waals surface area contributed by atoms with E-state index in [1.165, 1.54) is 4.90 Å². The van der Waals surface area contributed by atoms with Crippen LogP contribution in [0.25, 0.3) is 0 Å². The second kappa shape index (κ2) is 12.5. The summed E-state index contributed by atoms with van der Waals surface area (Å²) in [7, 11) is -4.01. The number of halogens is 2. The van der Waals surface area contributed by atoms with Crippen LogP contribution in [-0.2, 0) is 26.0 Å². The fourth-order valence-electron chi connectivity index (χ4n) is 3.36. The zero-order valence-electron chi connectivity index (χ0n) is 19.6. The number of amides is 2. The number of rotatable bonds is 12. The first-order valence-electron chi connectivity index (χ1n) is 11.1. The smallest absolute Gasteiger partial charge is 0.244 e. The van der Waals surface area contributed by atoms with Gasteiger partial charge in [0.1, 0.15) is 12.6 Å². The van der Waals surface area contributed by atoms with Gasteiger partial charge in [0.05, 0.1) is 11.9 Å². The quantitative estimate of drug-likeness (QED) is 0.459.